The number of rotatable bonds is 6. The van der Waals surface area contributed by atoms with Gasteiger partial charge >= 0.3 is 0 Å². The standard InChI is InChI=1S/C23H25N3O2/c1-15(2)26(9-8-22(24)27)23(28)20-7-6-17-11-19(5-4-18(17)12-20)21-10-16(3)13-25-14-21/h4-7,10-15H,8-9H2,1-3H3,(H2,24,27). The van der Waals surface area contributed by atoms with Gasteiger partial charge in [0, 0.05) is 42.5 Å². The molecule has 3 aromatic rings. The van der Waals surface area contributed by atoms with E-state index >= 15 is 0 Å². The molecule has 1 heterocycles. The lowest BCUT2D eigenvalue weighted by Crippen LogP contribution is -2.39. The average Bonchev–Trinajstić information content (AvgIpc) is 2.66. The summed E-state index contributed by atoms with van der Waals surface area (Å²) in [7, 11) is 0. The van der Waals surface area contributed by atoms with Crippen LogP contribution in [0.15, 0.2) is 54.9 Å². The first-order valence-electron chi connectivity index (χ1n) is 9.40. The molecule has 144 valence electrons. The molecule has 0 saturated heterocycles. The summed E-state index contributed by atoms with van der Waals surface area (Å²) in [5.74, 6) is -0.500. The van der Waals surface area contributed by atoms with Gasteiger partial charge in [-0.1, -0.05) is 18.2 Å². The number of fused-ring (bicyclic) bond motifs is 1. The molecular weight excluding hydrogens is 350 g/mol. The molecule has 0 aliphatic carbocycles. The molecule has 0 fully saturated rings. The van der Waals surface area contributed by atoms with E-state index in [1.165, 1.54) is 0 Å². The summed E-state index contributed by atoms with van der Waals surface area (Å²) in [5.41, 5.74) is 9.13. The molecule has 0 atom stereocenters. The Morgan fingerprint density at radius 3 is 2.39 bits per heavy atom. The number of carbonyl (C=O) groups is 2. The van der Waals surface area contributed by atoms with Crippen LogP contribution in [0.2, 0.25) is 0 Å². The van der Waals surface area contributed by atoms with Crippen molar-refractivity contribution in [1.82, 2.24) is 9.88 Å². The SMILES string of the molecule is Cc1cncc(-c2ccc3cc(C(=O)N(CCC(N)=O)C(C)C)ccc3c2)c1. The second-order valence-electron chi connectivity index (χ2n) is 7.34. The van der Waals surface area contributed by atoms with Crippen LogP contribution in [0.1, 0.15) is 36.2 Å². The molecule has 2 N–H and O–H groups in total. The Hall–Kier alpha value is -3.21. The molecule has 0 aliphatic heterocycles. The molecule has 5 heteroatoms. The highest BCUT2D eigenvalue weighted by atomic mass is 16.2. The summed E-state index contributed by atoms with van der Waals surface area (Å²) in [6, 6.07) is 13.9. The normalized spacial score (nSPS) is 11.0. The van der Waals surface area contributed by atoms with Gasteiger partial charge in [-0.25, -0.2) is 0 Å². The lowest BCUT2D eigenvalue weighted by molar-refractivity contribution is -0.118. The van der Waals surface area contributed by atoms with Crippen LogP contribution < -0.4 is 5.73 Å². The number of nitrogens with zero attached hydrogens (tertiary/aromatic N) is 2. The van der Waals surface area contributed by atoms with Crippen LogP contribution in [0.4, 0.5) is 0 Å². The van der Waals surface area contributed by atoms with Crippen LogP contribution in [0.3, 0.4) is 0 Å². The second kappa shape index (κ2) is 8.21. The van der Waals surface area contributed by atoms with Crippen LogP contribution in [0.5, 0.6) is 0 Å². The fraction of sp³-hybridized carbons (Fsp3) is 0.261. The van der Waals surface area contributed by atoms with Crippen molar-refractivity contribution in [3.8, 4) is 11.1 Å². The monoisotopic (exact) mass is 375 g/mol. The lowest BCUT2D eigenvalue weighted by Gasteiger charge is -2.26. The van der Waals surface area contributed by atoms with Crippen LogP contribution in [0.25, 0.3) is 21.9 Å². The van der Waals surface area contributed by atoms with Gasteiger partial charge in [0.25, 0.3) is 5.91 Å². The van der Waals surface area contributed by atoms with Gasteiger partial charge in [-0.05, 0) is 66.9 Å². The average molecular weight is 375 g/mol. The first-order chi connectivity index (χ1) is 13.3. The molecule has 2 amide bonds. The molecule has 1 aromatic heterocycles. The fourth-order valence-corrected chi connectivity index (χ4v) is 3.26. The molecule has 0 radical (unpaired) electrons. The van der Waals surface area contributed by atoms with Gasteiger partial charge < -0.3 is 10.6 Å². The Bertz CT molecular complexity index is 1030. The molecule has 5 nitrogen and oxygen atoms in total. The minimum Gasteiger partial charge on any atom is -0.370 e. The third-order valence-corrected chi connectivity index (χ3v) is 4.78. The number of nitrogens with two attached hydrogens (primary N) is 1. The van der Waals surface area contributed by atoms with Gasteiger partial charge in [0.2, 0.25) is 5.91 Å². The van der Waals surface area contributed by atoms with Gasteiger partial charge in [0.1, 0.15) is 0 Å². The van der Waals surface area contributed by atoms with Crippen molar-refractivity contribution in [2.45, 2.75) is 33.2 Å². The van der Waals surface area contributed by atoms with Crippen molar-refractivity contribution in [3.05, 3.63) is 66.0 Å². The number of benzene rings is 2. The summed E-state index contributed by atoms with van der Waals surface area (Å²) in [5, 5.41) is 2.05. The number of carbonyl (C=O) groups excluding carboxylic acids is 2. The van der Waals surface area contributed by atoms with E-state index < -0.39 is 5.91 Å². The predicted octanol–water partition coefficient (Wildman–Crippen LogP) is 3.94. The number of hydrogen-bond donors (Lipinski definition) is 1. The molecule has 0 bridgehead atoms. The quantitative estimate of drug-likeness (QED) is 0.709. The number of amides is 2. The van der Waals surface area contributed by atoms with Crippen LogP contribution in [0, 0.1) is 6.92 Å². The zero-order chi connectivity index (χ0) is 20.3. The van der Waals surface area contributed by atoms with E-state index in [1.807, 2.05) is 63.5 Å². The van der Waals surface area contributed by atoms with Gasteiger partial charge in [0.15, 0.2) is 0 Å². The molecule has 2 aromatic carbocycles. The van der Waals surface area contributed by atoms with Crippen LogP contribution in [-0.2, 0) is 4.79 Å². The number of hydrogen-bond acceptors (Lipinski definition) is 3. The summed E-state index contributed by atoms with van der Waals surface area (Å²) >= 11 is 0. The Morgan fingerprint density at radius 1 is 1.00 bits per heavy atom. The predicted molar refractivity (Wildman–Crippen MR) is 112 cm³/mol. The van der Waals surface area contributed by atoms with E-state index in [4.69, 9.17) is 5.73 Å². The third kappa shape index (κ3) is 4.36. The number of primary amides is 1. The van der Waals surface area contributed by atoms with E-state index in [1.54, 1.807) is 4.90 Å². The molecule has 0 saturated carbocycles. The molecule has 0 unspecified atom stereocenters. The fourth-order valence-electron chi connectivity index (χ4n) is 3.26. The minimum absolute atomic E-state index is 0.0151. The second-order valence-corrected chi connectivity index (χ2v) is 7.34. The van der Waals surface area contributed by atoms with E-state index in [0.29, 0.717) is 12.1 Å². The molecule has 3 rings (SSSR count). The topological polar surface area (TPSA) is 76.3 Å². The first kappa shape index (κ1) is 19.5. The lowest BCUT2D eigenvalue weighted by atomic mass is 10.00. The van der Waals surface area contributed by atoms with E-state index in [0.717, 1.165) is 27.5 Å². The van der Waals surface area contributed by atoms with Crippen molar-refractivity contribution in [1.29, 1.82) is 0 Å². The van der Waals surface area contributed by atoms with Crippen molar-refractivity contribution in [2.75, 3.05) is 6.54 Å². The smallest absolute Gasteiger partial charge is 0.254 e. The van der Waals surface area contributed by atoms with Crippen molar-refractivity contribution in [2.24, 2.45) is 5.73 Å². The van der Waals surface area contributed by atoms with Gasteiger partial charge in [-0.3, -0.25) is 14.6 Å². The van der Waals surface area contributed by atoms with Crippen LogP contribution >= 0.6 is 0 Å². The maximum absolute atomic E-state index is 12.9. The summed E-state index contributed by atoms with van der Waals surface area (Å²) in [4.78, 5) is 30.0. The number of pyridine rings is 1. The van der Waals surface area contributed by atoms with Gasteiger partial charge in [-0.2, -0.15) is 0 Å². The van der Waals surface area contributed by atoms with Gasteiger partial charge in [-0.15, -0.1) is 0 Å². The van der Waals surface area contributed by atoms with E-state index in [-0.39, 0.29) is 18.4 Å². The third-order valence-electron chi connectivity index (χ3n) is 4.78. The maximum Gasteiger partial charge on any atom is 0.254 e. The Balaban J connectivity index is 1.90. The van der Waals surface area contributed by atoms with Crippen molar-refractivity contribution in [3.63, 3.8) is 0 Å². The van der Waals surface area contributed by atoms with Gasteiger partial charge in [0.05, 0.1) is 0 Å². The first-order valence-corrected chi connectivity index (χ1v) is 9.40. The summed E-state index contributed by atoms with van der Waals surface area (Å²) in [6.45, 7) is 6.21. The minimum atomic E-state index is -0.407. The molecule has 0 spiro atoms. The summed E-state index contributed by atoms with van der Waals surface area (Å²) < 4.78 is 0. The highest BCUT2D eigenvalue weighted by Gasteiger charge is 2.19. The summed E-state index contributed by atoms with van der Waals surface area (Å²) in [6.07, 6.45) is 3.85. The Morgan fingerprint density at radius 2 is 1.71 bits per heavy atom. The highest BCUT2D eigenvalue weighted by molar-refractivity contribution is 5.99. The van der Waals surface area contributed by atoms with E-state index in [9.17, 15) is 9.59 Å². The van der Waals surface area contributed by atoms with E-state index in [2.05, 4.69) is 17.1 Å². The zero-order valence-corrected chi connectivity index (χ0v) is 16.5. The number of aromatic nitrogens is 1. The zero-order valence-electron chi connectivity index (χ0n) is 16.5. The highest BCUT2D eigenvalue weighted by Crippen LogP contribution is 2.26. The molecule has 0 aliphatic rings. The maximum atomic E-state index is 12.9. The van der Waals surface area contributed by atoms with Crippen LogP contribution in [-0.4, -0.2) is 34.3 Å². The largest absolute Gasteiger partial charge is 0.370 e. The molecule has 28 heavy (non-hydrogen) atoms. The van der Waals surface area contributed by atoms with Crippen molar-refractivity contribution < 1.29 is 9.59 Å². The Labute approximate surface area is 165 Å². The van der Waals surface area contributed by atoms with Crippen molar-refractivity contribution >= 4 is 22.6 Å². The Kier molecular flexibility index (Phi) is 5.73. The molecular formula is C23H25N3O2. The number of aryl methyl sites for hydroxylation is 1.